The minimum absolute atomic E-state index is 0.0401. The zero-order valence-electron chi connectivity index (χ0n) is 7.74. The van der Waals surface area contributed by atoms with Gasteiger partial charge >= 0.3 is 5.97 Å². The maximum absolute atomic E-state index is 10.4. The second-order valence-corrected chi connectivity index (χ2v) is 3.10. The van der Waals surface area contributed by atoms with Gasteiger partial charge in [-0.15, -0.1) is 0 Å². The fourth-order valence-electron chi connectivity index (χ4n) is 1.09. The highest BCUT2D eigenvalue weighted by Crippen LogP contribution is 2.04. The third-order valence-electron chi connectivity index (χ3n) is 1.77. The van der Waals surface area contributed by atoms with Crippen LogP contribution in [0.4, 0.5) is 0 Å². The Morgan fingerprint density at radius 3 is 2.92 bits per heavy atom. The summed E-state index contributed by atoms with van der Waals surface area (Å²) in [5, 5.41) is 15.2. The van der Waals surface area contributed by atoms with Gasteiger partial charge in [-0.3, -0.25) is 14.8 Å². The lowest BCUT2D eigenvalue weighted by atomic mass is 10.2. The molecular weight excluding hydrogens is 170 g/mol. The maximum Gasteiger partial charge on any atom is 0.317 e. The van der Waals surface area contributed by atoms with E-state index in [1.54, 1.807) is 18.1 Å². The number of hydrogen-bond donors (Lipinski definition) is 2. The summed E-state index contributed by atoms with van der Waals surface area (Å²) >= 11 is 0. The number of carboxylic acids is 1. The lowest BCUT2D eigenvalue weighted by Gasteiger charge is -2.12. The van der Waals surface area contributed by atoms with E-state index in [4.69, 9.17) is 5.11 Å². The molecule has 0 bridgehead atoms. The van der Waals surface area contributed by atoms with Crippen LogP contribution in [0.5, 0.6) is 0 Å². The smallest absolute Gasteiger partial charge is 0.317 e. The van der Waals surface area contributed by atoms with Crippen LogP contribution >= 0.6 is 0 Å². The molecule has 0 aliphatic rings. The van der Waals surface area contributed by atoms with E-state index in [9.17, 15) is 4.79 Å². The van der Waals surface area contributed by atoms with Gasteiger partial charge in [-0.1, -0.05) is 0 Å². The molecule has 0 aliphatic carbocycles. The largest absolute Gasteiger partial charge is 0.480 e. The van der Waals surface area contributed by atoms with E-state index in [2.05, 4.69) is 10.2 Å². The van der Waals surface area contributed by atoms with Gasteiger partial charge in [-0.2, -0.15) is 5.10 Å². The van der Waals surface area contributed by atoms with Gasteiger partial charge in [0.25, 0.3) is 0 Å². The van der Waals surface area contributed by atoms with Crippen molar-refractivity contribution >= 4 is 5.97 Å². The maximum atomic E-state index is 10.4. The number of rotatable bonds is 4. The molecule has 0 aliphatic heterocycles. The highest BCUT2D eigenvalue weighted by molar-refractivity contribution is 5.68. The van der Waals surface area contributed by atoms with Gasteiger partial charge in [0.15, 0.2) is 0 Å². The lowest BCUT2D eigenvalue weighted by Crippen LogP contribution is -2.25. The normalized spacial score (nSPS) is 10.7. The number of carbonyl (C=O) groups is 1. The molecule has 0 spiro atoms. The molecule has 13 heavy (non-hydrogen) atoms. The Kier molecular flexibility index (Phi) is 3.02. The fraction of sp³-hybridized carbons (Fsp3) is 0.500. The molecule has 0 atom stereocenters. The van der Waals surface area contributed by atoms with E-state index in [-0.39, 0.29) is 6.54 Å². The number of H-pyrrole nitrogens is 1. The van der Waals surface area contributed by atoms with Crippen LogP contribution in [0.1, 0.15) is 11.3 Å². The van der Waals surface area contributed by atoms with Gasteiger partial charge in [0.05, 0.1) is 18.4 Å². The van der Waals surface area contributed by atoms with Crippen LogP contribution in [0.15, 0.2) is 6.20 Å². The van der Waals surface area contributed by atoms with Gasteiger partial charge in [0, 0.05) is 6.54 Å². The molecule has 1 aromatic rings. The molecule has 5 nitrogen and oxygen atoms in total. The Morgan fingerprint density at radius 1 is 1.77 bits per heavy atom. The monoisotopic (exact) mass is 183 g/mol. The molecule has 0 saturated carbocycles. The van der Waals surface area contributed by atoms with Crippen molar-refractivity contribution in [2.24, 2.45) is 0 Å². The van der Waals surface area contributed by atoms with E-state index in [1.165, 1.54) is 0 Å². The average molecular weight is 183 g/mol. The summed E-state index contributed by atoms with van der Waals surface area (Å²) in [7, 11) is 1.76. The first-order valence-corrected chi connectivity index (χ1v) is 3.98. The number of aryl methyl sites for hydroxylation is 1. The van der Waals surface area contributed by atoms with Crippen molar-refractivity contribution in [2.45, 2.75) is 13.5 Å². The van der Waals surface area contributed by atoms with E-state index in [0.717, 1.165) is 11.3 Å². The zero-order valence-corrected chi connectivity index (χ0v) is 7.74. The van der Waals surface area contributed by atoms with Crippen molar-refractivity contribution in [3.63, 3.8) is 0 Å². The van der Waals surface area contributed by atoms with Crippen LogP contribution in [-0.2, 0) is 11.3 Å². The summed E-state index contributed by atoms with van der Waals surface area (Å²) in [4.78, 5) is 12.1. The van der Waals surface area contributed by atoms with Crippen molar-refractivity contribution < 1.29 is 9.90 Å². The number of aliphatic carboxylic acids is 1. The Bertz CT molecular complexity index is 295. The van der Waals surface area contributed by atoms with Crippen molar-refractivity contribution in [3.8, 4) is 0 Å². The SMILES string of the molecule is Cc1cn[nH]c1CN(C)CC(=O)O. The van der Waals surface area contributed by atoms with Crippen molar-refractivity contribution in [2.75, 3.05) is 13.6 Å². The molecule has 1 heterocycles. The number of hydrogen-bond acceptors (Lipinski definition) is 3. The fourth-order valence-corrected chi connectivity index (χ4v) is 1.09. The molecule has 0 fully saturated rings. The topological polar surface area (TPSA) is 69.2 Å². The number of aromatic nitrogens is 2. The highest BCUT2D eigenvalue weighted by atomic mass is 16.4. The third kappa shape index (κ3) is 2.87. The highest BCUT2D eigenvalue weighted by Gasteiger charge is 2.07. The van der Waals surface area contributed by atoms with E-state index >= 15 is 0 Å². The van der Waals surface area contributed by atoms with Crippen LogP contribution < -0.4 is 0 Å². The lowest BCUT2D eigenvalue weighted by molar-refractivity contribution is -0.138. The first-order chi connectivity index (χ1) is 6.09. The Balaban J connectivity index is 2.49. The van der Waals surface area contributed by atoms with Crippen LogP contribution in [0.3, 0.4) is 0 Å². The summed E-state index contributed by atoms with van der Waals surface area (Å²) in [5.41, 5.74) is 2.01. The van der Waals surface area contributed by atoms with Crippen LogP contribution in [0.25, 0.3) is 0 Å². The minimum atomic E-state index is -0.820. The standard InChI is InChI=1S/C8H13N3O2/c1-6-3-9-10-7(6)4-11(2)5-8(12)13/h3H,4-5H2,1-2H3,(H,9,10)(H,12,13). The third-order valence-corrected chi connectivity index (χ3v) is 1.77. The first kappa shape index (κ1) is 9.73. The Morgan fingerprint density at radius 2 is 2.46 bits per heavy atom. The summed E-state index contributed by atoms with van der Waals surface area (Å²) < 4.78 is 0. The van der Waals surface area contributed by atoms with Gasteiger partial charge in [-0.25, -0.2) is 0 Å². The first-order valence-electron chi connectivity index (χ1n) is 3.98. The van der Waals surface area contributed by atoms with E-state index in [0.29, 0.717) is 6.54 Å². The molecular formula is C8H13N3O2. The van der Waals surface area contributed by atoms with Gasteiger partial charge in [-0.05, 0) is 19.5 Å². The number of carboxylic acid groups (broad SMARTS) is 1. The molecule has 5 heteroatoms. The summed E-state index contributed by atoms with van der Waals surface area (Å²) in [6.07, 6.45) is 1.73. The molecule has 0 aromatic carbocycles. The van der Waals surface area contributed by atoms with Crippen LogP contribution in [0.2, 0.25) is 0 Å². The second kappa shape index (κ2) is 4.04. The second-order valence-electron chi connectivity index (χ2n) is 3.10. The van der Waals surface area contributed by atoms with Crippen molar-refractivity contribution in [3.05, 3.63) is 17.5 Å². The van der Waals surface area contributed by atoms with Gasteiger partial charge in [0.2, 0.25) is 0 Å². The molecule has 1 rings (SSSR count). The zero-order chi connectivity index (χ0) is 9.84. The minimum Gasteiger partial charge on any atom is -0.480 e. The summed E-state index contributed by atoms with van der Waals surface area (Å²) in [5.74, 6) is -0.820. The van der Waals surface area contributed by atoms with Crippen molar-refractivity contribution in [1.82, 2.24) is 15.1 Å². The van der Waals surface area contributed by atoms with E-state index < -0.39 is 5.97 Å². The number of aromatic amines is 1. The van der Waals surface area contributed by atoms with Crippen LogP contribution in [0, 0.1) is 6.92 Å². The number of likely N-dealkylation sites (N-methyl/N-ethyl adjacent to an activating group) is 1. The molecule has 0 unspecified atom stereocenters. The molecule has 0 amide bonds. The number of nitrogens with zero attached hydrogens (tertiary/aromatic N) is 2. The Hall–Kier alpha value is -1.36. The molecule has 2 N–H and O–H groups in total. The quantitative estimate of drug-likeness (QED) is 0.701. The Labute approximate surface area is 76.4 Å². The van der Waals surface area contributed by atoms with Gasteiger partial charge < -0.3 is 5.11 Å². The summed E-state index contributed by atoms with van der Waals surface area (Å²) in [6.45, 7) is 2.56. The predicted octanol–water partition coefficient (Wildman–Crippen LogP) is 0.235. The molecule has 72 valence electrons. The molecule has 0 saturated heterocycles. The van der Waals surface area contributed by atoms with Gasteiger partial charge in [0.1, 0.15) is 0 Å². The average Bonchev–Trinajstić information content (AvgIpc) is 2.34. The number of nitrogens with one attached hydrogen (secondary N) is 1. The summed E-state index contributed by atoms with van der Waals surface area (Å²) in [6, 6.07) is 0. The van der Waals surface area contributed by atoms with E-state index in [1.807, 2.05) is 6.92 Å². The predicted molar refractivity (Wildman–Crippen MR) is 47.3 cm³/mol. The van der Waals surface area contributed by atoms with Crippen molar-refractivity contribution in [1.29, 1.82) is 0 Å². The molecule has 1 aromatic heterocycles. The van der Waals surface area contributed by atoms with Crippen LogP contribution in [-0.4, -0.2) is 39.8 Å². The molecule has 0 radical (unpaired) electrons.